The minimum atomic E-state index is -0.341. The molecule has 4 nitrogen and oxygen atoms in total. The van der Waals surface area contributed by atoms with Gasteiger partial charge in [0.15, 0.2) is 0 Å². The number of nitrogens with two attached hydrogens (primary N) is 1. The maximum absolute atomic E-state index is 11.4. The Hall–Kier alpha value is -0.320. The zero-order valence-corrected chi connectivity index (χ0v) is 11.5. The Morgan fingerprint density at radius 3 is 2.31 bits per heavy atom. The van der Waals surface area contributed by atoms with E-state index in [1.165, 1.54) is 0 Å². The van der Waals surface area contributed by atoms with Crippen LogP contribution in [0.15, 0.2) is 0 Å². The van der Waals surface area contributed by atoms with Crippen molar-refractivity contribution in [3.8, 4) is 0 Å². The van der Waals surface area contributed by atoms with Crippen LogP contribution in [0.1, 0.15) is 33.6 Å². The Labute approximate surface area is 105 Å². The normalized spacial score (nSPS) is 12.1. The average Bonchev–Trinajstić information content (AvgIpc) is 2.24. The van der Waals surface area contributed by atoms with E-state index in [4.69, 9.17) is 5.73 Å². The van der Waals surface area contributed by atoms with E-state index in [1.807, 2.05) is 6.92 Å². The number of hydrogen-bond acceptors (Lipinski definition) is 3. The lowest BCUT2D eigenvalue weighted by molar-refractivity contribution is -0.122. The second kappa shape index (κ2) is 11.2. The minimum Gasteiger partial charge on any atom is -0.353 e. The van der Waals surface area contributed by atoms with Gasteiger partial charge in [-0.15, -0.1) is 12.4 Å². The molecule has 5 heteroatoms. The van der Waals surface area contributed by atoms with Crippen molar-refractivity contribution < 1.29 is 4.79 Å². The van der Waals surface area contributed by atoms with Crippen LogP contribution < -0.4 is 11.1 Å². The fraction of sp³-hybridized carbons (Fsp3) is 0.909. The van der Waals surface area contributed by atoms with Gasteiger partial charge in [-0.25, -0.2) is 0 Å². The van der Waals surface area contributed by atoms with Gasteiger partial charge in [-0.05, 0) is 19.5 Å². The first-order valence-electron chi connectivity index (χ1n) is 5.91. The van der Waals surface area contributed by atoms with Gasteiger partial charge in [-0.3, -0.25) is 4.79 Å². The van der Waals surface area contributed by atoms with Crippen molar-refractivity contribution in [2.75, 3.05) is 26.2 Å². The summed E-state index contributed by atoms with van der Waals surface area (Å²) in [6.45, 7) is 9.90. The lowest BCUT2D eigenvalue weighted by atomic mass is 10.2. The van der Waals surface area contributed by atoms with Crippen LogP contribution in [0.5, 0.6) is 0 Å². The lowest BCUT2D eigenvalue weighted by Crippen LogP contribution is -2.43. The molecule has 0 aromatic heterocycles. The highest BCUT2D eigenvalue weighted by Gasteiger charge is 2.11. The first kappa shape index (κ1) is 18.1. The molecule has 0 saturated heterocycles. The van der Waals surface area contributed by atoms with E-state index in [0.717, 1.165) is 32.5 Å². The second-order valence-corrected chi connectivity index (χ2v) is 3.71. The summed E-state index contributed by atoms with van der Waals surface area (Å²) in [5.41, 5.74) is 5.68. The fourth-order valence-corrected chi connectivity index (χ4v) is 1.45. The number of nitrogens with zero attached hydrogens (tertiary/aromatic N) is 1. The zero-order valence-electron chi connectivity index (χ0n) is 10.7. The van der Waals surface area contributed by atoms with E-state index < -0.39 is 0 Å². The molecule has 0 radical (unpaired) electrons. The van der Waals surface area contributed by atoms with E-state index in [9.17, 15) is 4.79 Å². The maximum Gasteiger partial charge on any atom is 0.236 e. The number of carbonyl (C=O) groups excluding carboxylic acids is 1. The molecule has 3 N–H and O–H groups in total. The van der Waals surface area contributed by atoms with Crippen LogP contribution in [-0.4, -0.2) is 43.0 Å². The molecule has 1 unspecified atom stereocenters. The van der Waals surface area contributed by atoms with E-state index in [2.05, 4.69) is 24.1 Å². The third-order valence-electron chi connectivity index (χ3n) is 2.56. The fourth-order valence-electron chi connectivity index (χ4n) is 1.45. The van der Waals surface area contributed by atoms with Crippen molar-refractivity contribution in [2.45, 2.75) is 39.7 Å². The monoisotopic (exact) mass is 251 g/mol. The summed E-state index contributed by atoms with van der Waals surface area (Å²) >= 11 is 0. The zero-order chi connectivity index (χ0) is 11.7. The summed E-state index contributed by atoms with van der Waals surface area (Å²) in [5.74, 6) is -0.0241. The number of halogens is 1. The Morgan fingerprint density at radius 1 is 1.31 bits per heavy atom. The number of hydrogen-bond donors (Lipinski definition) is 2. The predicted molar refractivity (Wildman–Crippen MR) is 70.9 cm³/mol. The molecule has 0 heterocycles. The summed E-state index contributed by atoms with van der Waals surface area (Å²) in [5, 5.41) is 2.86. The quantitative estimate of drug-likeness (QED) is 0.677. The molecule has 0 rings (SSSR count). The van der Waals surface area contributed by atoms with Gasteiger partial charge in [0.1, 0.15) is 0 Å². The van der Waals surface area contributed by atoms with Gasteiger partial charge in [-0.2, -0.15) is 0 Å². The highest BCUT2D eigenvalue weighted by atomic mass is 35.5. The number of likely N-dealkylation sites (N-methyl/N-ethyl adjacent to an activating group) is 1. The molecule has 98 valence electrons. The molecule has 16 heavy (non-hydrogen) atoms. The van der Waals surface area contributed by atoms with Gasteiger partial charge in [-0.1, -0.05) is 27.2 Å². The van der Waals surface area contributed by atoms with E-state index >= 15 is 0 Å². The second-order valence-electron chi connectivity index (χ2n) is 3.71. The summed E-state index contributed by atoms with van der Waals surface area (Å²) in [4.78, 5) is 13.7. The van der Waals surface area contributed by atoms with Crippen molar-refractivity contribution >= 4 is 18.3 Å². The van der Waals surface area contributed by atoms with Crippen LogP contribution >= 0.6 is 12.4 Å². The molecular formula is C11H26ClN3O. The molecule has 0 saturated carbocycles. The van der Waals surface area contributed by atoms with Crippen molar-refractivity contribution in [2.24, 2.45) is 5.73 Å². The Bertz CT molecular complexity index is 175. The summed E-state index contributed by atoms with van der Waals surface area (Å²) in [6.07, 6.45) is 1.71. The highest BCUT2D eigenvalue weighted by Crippen LogP contribution is 1.92. The Balaban J connectivity index is 0. The van der Waals surface area contributed by atoms with Gasteiger partial charge < -0.3 is 16.0 Å². The predicted octanol–water partition coefficient (Wildman–Crippen LogP) is 0.994. The third-order valence-corrected chi connectivity index (χ3v) is 2.56. The number of rotatable bonds is 8. The first-order valence-corrected chi connectivity index (χ1v) is 5.91. The van der Waals surface area contributed by atoms with Crippen LogP contribution in [0.2, 0.25) is 0 Å². The maximum atomic E-state index is 11.4. The Morgan fingerprint density at radius 2 is 1.88 bits per heavy atom. The molecule has 1 amide bonds. The van der Waals surface area contributed by atoms with Gasteiger partial charge in [0.25, 0.3) is 0 Å². The number of amides is 1. The van der Waals surface area contributed by atoms with E-state index in [-0.39, 0.29) is 24.4 Å². The van der Waals surface area contributed by atoms with Crippen molar-refractivity contribution in [1.82, 2.24) is 10.2 Å². The first-order chi connectivity index (χ1) is 7.15. The largest absolute Gasteiger partial charge is 0.353 e. The van der Waals surface area contributed by atoms with Gasteiger partial charge >= 0.3 is 0 Å². The molecule has 0 aliphatic heterocycles. The van der Waals surface area contributed by atoms with E-state index in [1.54, 1.807) is 0 Å². The van der Waals surface area contributed by atoms with E-state index in [0.29, 0.717) is 6.54 Å². The minimum absolute atomic E-state index is 0. The average molecular weight is 252 g/mol. The van der Waals surface area contributed by atoms with Crippen LogP contribution in [0.3, 0.4) is 0 Å². The molecule has 0 aromatic rings. The van der Waals surface area contributed by atoms with Crippen LogP contribution in [0.4, 0.5) is 0 Å². The molecule has 0 fully saturated rings. The third kappa shape index (κ3) is 7.91. The van der Waals surface area contributed by atoms with Crippen molar-refractivity contribution in [3.05, 3.63) is 0 Å². The van der Waals surface area contributed by atoms with Crippen molar-refractivity contribution in [3.63, 3.8) is 0 Å². The standard InChI is InChI=1S/C11H25N3O.ClH/c1-4-7-10(12)11(15)13-8-9-14(5-2)6-3;/h10H,4-9,12H2,1-3H3,(H,13,15);1H. The van der Waals surface area contributed by atoms with Gasteiger partial charge in [0.2, 0.25) is 5.91 Å². The van der Waals surface area contributed by atoms with Gasteiger partial charge in [0, 0.05) is 13.1 Å². The molecule has 0 spiro atoms. The van der Waals surface area contributed by atoms with Crippen LogP contribution in [0.25, 0.3) is 0 Å². The number of carbonyl (C=O) groups is 1. The summed E-state index contributed by atoms with van der Waals surface area (Å²) in [7, 11) is 0. The molecule has 0 aliphatic carbocycles. The topological polar surface area (TPSA) is 58.4 Å². The lowest BCUT2D eigenvalue weighted by Gasteiger charge is -2.18. The molecule has 0 aromatic carbocycles. The van der Waals surface area contributed by atoms with Crippen molar-refractivity contribution in [1.29, 1.82) is 0 Å². The van der Waals surface area contributed by atoms with Gasteiger partial charge in [0.05, 0.1) is 6.04 Å². The smallest absolute Gasteiger partial charge is 0.236 e. The molecule has 0 aliphatic rings. The SMILES string of the molecule is CCCC(N)C(=O)NCCN(CC)CC.Cl. The summed E-state index contributed by atoms with van der Waals surface area (Å²) < 4.78 is 0. The van der Waals surface area contributed by atoms with Crippen LogP contribution in [0, 0.1) is 0 Å². The Kier molecular flexibility index (Phi) is 12.6. The molecule has 1 atom stereocenters. The molecule has 0 bridgehead atoms. The molecular weight excluding hydrogens is 226 g/mol. The summed E-state index contributed by atoms with van der Waals surface area (Å²) in [6, 6.07) is -0.341. The number of nitrogens with one attached hydrogen (secondary N) is 1. The highest BCUT2D eigenvalue weighted by molar-refractivity contribution is 5.85. The van der Waals surface area contributed by atoms with Crippen LogP contribution in [-0.2, 0) is 4.79 Å².